The van der Waals surface area contributed by atoms with Gasteiger partial charge in [-0.15, -0.1) is 0 Å². The molecule has 0 saturated carbocycles. The van der Waals surface area contributed by atoms with E-state index < -0.39 is 27.5 Å². The number of rotatable bonds is 5. The molecule has 1 heterocycles. The van der Waals surface area contributed by atoms with Crippen LogP contribution < -0.4 is 10.9 Å². The molecule has 0 aliphatic rings. The van der Waals surface area contributed by atoms with Gasteiger partial charge in [0.1, 0.15) is 6.04 Å². The van der Waals surface area contributed by atoms with Crippen LogP contribution in [0.25, 0.3) is 0 Å². The Balaban J connectivity index is 2.31. The monoisotopic (exact) mass is 398 g/mol. The second kappa shape index (κ2) is 7.56. The predicted octanol–water partition coefficient (Wildman–Crippen LogP) is 1.66. The fraction of sp³-hybridized carbons (Fsp3) is 0.312. The first-order valence-electron chi connectivity index (χ1n) is 7.62. The second-order valence-corrected chi connectivity index (χ2v) is 8.45. The van der Waals surface area contributed by atoms with Gasteiger partial charge in [-0.05, 0) is 31.5 Å². The maximum absolute atomic E-state index is 12.4. The summed E-state index contributed by atoms with van der Waals surface area (Å²) in [5.41, 5.74) is 0.343. The van der Waals surface area contributed by atoms with Crippen LogP contribution in [-0.2, 0) is 14.8 Å². The highest BCUT2D eigenvalue weighted by Crippen LogP contribution is 2.23. The van der Waals surface area contributed by atoms with Crippen LogP contribution in [0.3, 0.4) is 0 Å². The minimum atomic E-state index is -3.65. The zero-order chi connectivity index (χ0) is 19.6. The van der Waals surface area contributed by atoms with Gasteiger partial charge in [0.15, 0.2) is 0 Å². The standard InChI is InChI=1S/C16H19ClN4O4S/c1-10-5-6-13(8-14(10)26(24,25)20(3)4)19-16(23)11(2)21-15(22)7-12(17)9-18-21/h5-9,11H,1-4H3,(H,19,23). The molecular weight excluding hydrogens is 380 g/mol. The number of anilines is 1. The largest absolute Gasteiger partial charge is 0.324 e. The summed E-state index contributed by atoms with van der Waals surface area (Å²) in [6.07, 6.45) is 1.26. The third-order valence-corrected chi connectivity index (χ3v) is 5.92. The van der Waals surface area contributed by atoms with Gasteiger partial charge < -0.3 is 5.32 Å². The molecule has 10 heteroatoms. The van der Waals surface area contributed by atoms with E-state index in [4.69, 9.17) is 11.6 Å². The molecule has 1 aromatic carbocycles. The highest BCUT2D eigenvalue weighted by molar-refractivity contribution is 7.89. The molecule has 26 heavy (non-hydrogen) atoms. The van der Waals surface area contributed by atoms with E-state index in [0.29, 0.717) is 11.3 Å². The van der Waals surface area contributed by atoms with Crippen molar-refractivity contribution in [2.45, 2.75) is 24.8 Å². The molecule has 140 valence electrons. The molecule has 1 N–H and O–H groups in total. The zero-order valence-corrected chi connectivity index (χ0v) is 16.3. The Bertz CT molecular complexity index is 1000. The van der Waals surface area contributed by atoms with Crippen molar-refractivity contribution >= 4 is 33.2 Å². The number of carbonyl (C=O) groups is 1. The highest BCUT2D eigenvalue weighted by atomic mass is 35.5. The summed E-state index contributed by atoms with van der Waals surface area (Å²) in [7, 11) is -0.787. The van der Waals surface area contributed by atoms with Gasteiger partial charge in [0.25, 0.3) is 5.56 Å². The first-order valence-corrected chi connectivity index (χ1v) is 9.44. The SMILES string of the molecule is Cc1ccc(NC(=O)C(C)n2ncc(Cl)cc2=O)cc1S(=O)(=O)N(C)C. The average molecular weight is 399 g/mol. The number of hydrogen-bond acceptors (Lipinski definition) is 5. The number of nitrogens with zero attached hydrogens (tertiary/aromatic N) is 3. The third kappa shape index (κ3) is 4.12. The van der Waals surface area contributed by atoms with Crippen molar-refractivity contribution in [3.8, 4) is 0 Å². The van der Waals surface area contributed by atoms with E-state index in [-0.39, 0.29) is 9.92 Å². The van der Waals surface area contributed by atoms with Crippen LogP contribution in [0.2, 0.25) is 5.02 Å². The maximum atomic E-state index is 12.4. The minimum Gasteiger partial charge on any atom is -0.324 e. The Kier molecular flexibility index (Phi) is 5.84. The summed E-state index contributed by atoms with van der Waals surface area (Å²) < 4.78 is 26.8. The number of aryl methyl sites for hydroxylation is 1. The predicted molar refractivity (Wildman–Crippen MR) is 98.9 cm³/mol. The Morgan fingerprint density at radius 1 is 1.31 bits per heavy atom. The average Bonchev–Trinajstić information content (AvgIpc) is 2.55. The summed E-state index contributed by atoms with van der Waals surface area (Å²) in [6, 6.07) is 4.82. The zero-order valence-electron chi connectivity index (χ0n) is 14.7. The molecule has 0 spiro atoms. The van der Waals surface area contributed by atoms with Gasteiger partial charge in [-0.25, -0.2) is 17.4 Å². The van der Waals surface area contributed by atoms with Gasteiger partial charge in [-0.2, -0.15) is 5.10 Å². The van der Waals surface area contributed by atoms with E-state index in [2.05, 4.69) is 10.4 Å². The molecule has 0 bridgehead atoms. The lowest BCUT2D eigenvalue weighted by molar-refractivity contribution is -0.119. The quantitative estimate of drug-likeness (QED) is 0.825. The molecule has 1 amide bonds. The molecule has 2 aromatic rings. The molecule has 0 saturated heterocycles. The summed E-state index contributed by atoms with van der Waals surface area (Å²) in [6.45, 7) is 3.17. The molecule has 1 aromatic heterocycles. The van der Waals surface area contributed by atoms with Gasteiger partial charge in [-0.1, -0.05) is 17.7 Å². The van der Waals surface area contributed by atoms with Crippen molar-refractivity contribution < 1.29 is 13.2 Å². The first kappa shape index (κ1) is 20.1. The van der Waals surface area contributed by atoms with E-state index in [9.17, 15) is 18.0 Å². The van der Waals surface area contributed by atoms with Crippen molar-refractivity contribution in [2.75, 3.05) is 19.4 Å². The summed E-state index contributed by atoms with van der Waals surface area (Å²) in [5.74, 6) is -0.515. The van der Waals surface area contributed by atoms with Crippen LogP contribution in [0.4, 0.5) is 5.69 Å². The molecule has 0 radical (unpaired) electrons. The normalized spacial score (nSPS) is 12.8. The van der Waals surface area contributed by atoms with E-state index in [0.717, 1.165) is 15.1 Å². The lowest BCUT2D eigenvalue weighted by Crippen LogP contribution is -2.33. The molecule has 0 fully saturated rings. The van der Waals surface area contributed by atoms with Gasteiger partial charge in [0, 0.05) is 25.8 Å². The van der Waals surface area contributed by atoms with Gasteiger partial charge in [-0.3, -0.25) is 9.59 Å². The first-order chi connectivity index (χ1) is 12.0. The van der Waals surface area contributed by atoms with Gasteiger partial charge in [0.2, 0.25) is 15.9 Å². The van der Waals surface area contributed by atoms with Crippen LogP contribution in [0.1, 0.15) is 18.5 Å². The van der Waals surface area contributed by atoms with Crippen molar-refractivity contribution in [3.05, 3.63) is 51.4 Å². The number of benzene rings is 1. The van der Waals surface area contributed by atoms with Crippen molar-refractivity contribution in [1.82, 2.24) is 14.1 Å². The van der Waals surface area contributed by atoms with Gasteiger partial charge >= 0.3 is 0 Å². The number of hydrogen-bond donors (Lipinski definition) is 1. The Morgan fingerprint density at radius 3 is 2.54 bits per heavy atom. The van der Waals surface area contributed by atoms with E-state index in [1.165, 1.54) is 33.3 Å². The maximum Gasteiger partial charge on any atom is 0.268 e. The highest BCUT2D eigenvalue weighted by Gasteiger charge is 2.22. The van der Waals surface area contributed by atoms with Crippen LogP contribution in [0, 0.1) is 6.92 Å². The van der Waals surface area contributed by atoms with Crippen molar-refractivity contribution in [2.24, 2.45) is 0 Å². The van der Waals surface area contributed by atoms with E-state index in [1.54, 1.807) is 19.1 Å². The lowest BCUT2D eigenvalue weighted by Gasteiger charge is -2.17. The molecule has 0 aliphatic carbocycles. The smallest absolute Gasteiger partial charge is 0.268 e. The summed E-state index contributed by atoms with van der Waals surface area (Å²) in [4.78, 5) is 24.4. The van der Waals surface area contributed by atoms with Gasteiger partial charge in [0.05, 0.1) is 16.1 Å². The van der Waals surface area contributed by atoms with Crippen LogP contribution in [0.15, 0.2) is 40.2 Å². The minimum absolute atomic E-state index is 0.0923. The lowest BCUT2D eigenvalue weighted by atomic mass is 10.2. The Labute approximate surface area is 156 Å². The summed E-state index contributed by atoms with van der Waals surface area (Å²) >= 11 is 5.69. The van der Waals surface area contributed by atoms with Crippen LogP contribution >= 0.6 is 11.6 Å². The van der Waals surface area contributed by atoms with Crippen molar-refractivity contribution in [1.29, 1.82) is 0 Å². The van der Waals surface area contributed by atoms with Crippen molar-refractivity contribution in [3.63, 3.8) is 0 Å². The fourth-order valence-electron chi connectivity index (χ4n) is 2.20. The Morgan fingerprint density at radius 2 is 1.96 bits per heavy atom. The second-order valence-electron chi connectivity index (χ2n) is 5.89. The molecule has 2 rings (SSSR count). The number of amides is 1. The third-order valence-electron chi connectivity index (χ3n) is 3.75. The molecule has 1 atom stereocenters. The number of halogens is 1. The number of carbonyl (C=O) groups excluding carboxylic acids is 1. The summed E-state index contributed by atoms with van der Waals surface area (Å²) in [5, 5.41) is 6.63. The molecule has 1 unspecified atom stereocenters. The molecule has 8 nitrogen and oxygen atoms in total. The fourth-order valence-corrected chi connectivity index (χ4v) is 3.48. The Hall–Kier alpha value is -2.23. The van der Waals surface area contributed by atoms with E-state index in [1.807, 2.05) is 0 Å². The molecular formula is C16H19ClN4O4S. The van der Waals surface area contributed by atoms with Crippen LogP contribution in [0.5, 0.6) is 0 Å². The number of nitrogens with one attached hydrogen (secondary N) is 1. The van der Waals surface area contributed by atoms with Crippen LogP contribution in [-0.4, -0.2) is 42.5 Å². The number of aromatic nitrogens is 2. The molecule has 0 aliphatic heterocycles. The topological polar surface area (TPSA) is 101 Å². The van der Waals surface area contributed by atoms with E-state index >= 15 is 0 Å². The number of sulfonamides is 1.